The number of aliphatic hydroxyl groups is 1. The number of amides is 2. The summed E-state index contributed by atoms with van der Waals surface area (Å²) >= 11 is 0. The summed E-state index contributed by atoms with van der Waals surface area (Å²) in [6.45, 7) is 8.84. The lowest BCUT2D eigenvalue weighted by Gasteiger charge is -2.20. The van der Waals surface area contributed by atoms with E-state index in [1.54, 1.807) is 11.9 Å². The molecule has 148 valence electrons. The molecule has 0 aromatic heterocycles. The summed E-state index contributed by atoms with van der Waals surface area (Å²) in [5.74, 6) is -0.591. The van der Waals surface area contributed by atoms with Crippen LogP contribution in [0.5, 0.6) is 0 Å². The van der Waals surface area contributed by atoms with Gasteiger partial charge >= 0.3 is 0 Å². The van der Waals surface area contributed by atoms with Crippen molar-refractivity contribution < 1.29 is 19.4 Å². The average molecular weight is 374 g/mol. The fraction of sp³-hybridized carbons (Fsp3) is 0.524. The lowest BCUT2D eigenvalue weighted by molar-refractivity contribution is -0.137. The Hall–Kier alpha value is -2.18. The minimum absolute atomic E-state index is 0.0934. The van der Waals surface area contributed by atoms with Crippen molar-refractivity contribution in [2.45, 2.75) is 40.2 Å². The van der Waals surface area contributed by atoms with Gasteiger partial charge in [-0.15, -0.1) is 0 Å². The number of nitrogens with zero attached hydrogens (tertiary/aromatic N) is 2. The summed E-state index contributed by atoms with van der Waals surface area (Å²) in [5.41, 5.74) is 3.58. The quantitative estimate of drug-likeness (QED) is 0.530. The number of likely N-dealkylation sites (N-methyl/N-ethyl adjacent to an activating group) is 1. The summed E-state index contributed by atoms with van der Waals surface area (Å²) in [6.07, 6.45) is 0.706. The van der Waals surface area contributed by atoms with Crippen LogP contribution in [0.25, 0.3) is 5.57 Å². The molecule has 0 fully saturated rings. The predicted molar refractivity (Wildman–Crippen MR) is 105 cm³/mol. The van der Waals surface area contributed by atoms with E-state index in [-0.39, 0.29) is 31.1 Å². The molecule has 0 atom stereocenters. The first-order valence-corrected chi connectivity index (χ1v) is 9.39. The lowest BCUT2D eigenvalue weighted by Crippen LogP contribution is -2.36. The summed E-state index contributed by atoms with van der Waals surface area (Å²) in [7, 11) is 1.73. The molecule has 0 unspecified atom stereocenters. The Morgan fingerprint density at radius 2 is 1.89 bits per heavy atom. The molecular weight excluding hydrogens is 344 g/mol. The number of benzene rings is 1. The minimum atomic E-state index is -0.310. The van der Waals surface area contributed by atoms with Crippen LogP contribution in [0.3, 0.4) is 0 Å². The zero-order chi connectivity index (χ0) is 20.1. The number of aliphatic hydroxyl groups excluding tert-OH is 1. The van der Waals surface area contributed by atoms with Crippen molar-refractivity contribution >= 4 is 17.4 Å². The second-order valence-electron chi connectivity index (χ2n) is 7.22. The van der Waals surface area contributed by atoms with Crippen molar-refractivity contribution in [2.24, 2.45) is 0 Å². The number of carbonyl (C=O) groups is 2. The molecule has 0 bridgehead atoms. The molecule has 1 aromatic carbocycles. The van der Waals surface area contributed by atoms with Crippen LogP contribution in [-0.4, -0.2) is 66.2 Å². The van der Waals surface area contributed by atoms with Gasteiger partial charge in [-0.25, -0.2) is 0 Å². The highest BCUT2D eigenvalue weighted by molar-refractivity contribution is 6.35. The van der Waals surface area contributed by atoms with E-state index in [4.69, 9.17) is 4.74 Å². The summed E-state index contributed by atoms with van der Waals surface area (Å²) in [6, 6.07) is 5.84. The molecule has 2 amide bonds. The lowest BCUT2D eigenvalue weighted by atomic mass is 9.97. The first-order chi connectivity index (χ1) is 12.8. The molecule has 1 aliphatic heterocycles. The Bertz CT molecular complexity index is 740. The molecule has 1 heterocycles. The molecular formula is C21H30N2O4. The molecule has 0 spiro atoms. The summed E-state index contributed by atoms with van der Waals surface area (Å²) < 4.78 is 5.52. The van der Waals surface area contributed by atoms with E-state index in [2.05, 4.69) is 0 Å². The largest absolute Gasteiger partial charge is 0.395 e. The van der Waals surface area contributed by atoms with Gasteiger partial charge in [-0.3, -0.25) is 14.5 Å². The van der Waals surface area contributed by atoms with Crippen LogP contribution in [0.4, 0.5) is 0 Å². The van der Waals surface area contributed by atoms with Gasteiger partial charge < -0.3 is 14.7 Å². The third-order valence-corrected chi connectivity index (χ3v) is 4.59. The second-order valence-corrected chi connectivity index (χ2v) is 7.22. The molecule has 0 saturated carbocycles. The van der Waals surface area contributed by atoms with E-state index in [1.807, 2.05) is 45.9 Å². The first-order valence-electron chi connectivity index (χ1n) is 9.39. The predicted octanol–water partition coefficient (Wildman–Crippen LogP) is 2.12. The van der Waals surface area contributed by atoms with E-state index in [0.717, 1.165) is 16.7 Å². The van der Waals surface area contributed by atoms with Gasteiger partial charge in [-0.05, 0) is 45.2 Å². The van der Waals surface area contributed by atoms with Crippen LogP contribution >= 0.6 is 0 Å². The van der Waals surface area contributed by atoms with Gasteiger partial charge in [-0.2, -0.15) is 0 Å². The Morgan fingerprint density at radius 1 is 1.19 bits per heavy atom. The minimum Gasteiger partial charge on any atom is -0.395 e. The molecule has 2 rings (SSSR count). The molecule has 27 heavy (non-hydrogen) atoms. The van der Waals surface area contributed by atoms with Crippen LogP contribution in [0.2, 0.25) is 0 Å². The van der Waals surface area contributed by atoms with E-state index in [0.29, 0.717) is 30.8 Å². The standard InChI is InChI=1S/C21H30N2O4/c1-14(2)27-12-6-9-23-20(25)18(17-8-7-15(3)13-16(17)4)19(21(23)26)22(5)10-11-24/h7-8,13-14,24H,6,9-12H2,1-5H3. The Balaban J connectivity index is 2.35. The first kappa shape index (κ1) is 21.1. The van der Waals surface area contributed by atoms with E-state index in [9.17, 15) is 14.7 Å². The summed E-state index contributed by atoms with van der Waals surface area (Å²) in [5, 5.41) is 9.30. The maximum Gasteiger partial charge on any atom is 0.277 e. The van der Waals surface area contributed by atoms with Crippen molar-refractivity contribution in [2.75, 3.05) is 33.4 Å². The number of carbonyl (C=O) groups excluding carboxylic acids is 2. The maximum atomic E-state index is 13.1. The van der Waals surface area contributed by atoms with Gasteiger partial charge in [-0.1, -0.05) is 23.8 Å². The van der Waals surface area contributed by atoms with Crippen LogP contribution in [0.1, 0.15) is 37.0 Å². The zero-order valence-corrected chi connectivity index (χ0v) is 16.9. The average Bonchev–Trinajstić information content (AvgIpc) is 2.83. The zero-order valence-electron chi connectivity index (χ0n) is 16.9. The van der Waals surface area contributed by atoms with Crippen LogP contribution < -0.4 is 0 Å². The highest BCUT2D eigenvalue weighted by Gasteiger charge is 2.40. The Labute approximate surface area is 161 Å². The second kappa shape index (κ2) is 9.15. The van der Waals surface area contributed by atoms with E-state index in [1.165, 1.54) is 4.90 Å². The van der Waals surface area contributed by atoms with Gasteiger partial charge in [0.2, 0.25) is 0 Å². The molecule has 0 aliphatic carbocycles. The van der Waals surface area contributed by atoms with Gasteiger partial charge in [0, 0.05) is 26.7 Å². The van der Waals surface area contributed by atoms with Crippen molar-refractivity contribution in [1.29, 1.82) is 0 Å². The van der Waals surface area contributed by atoms with Gasteiger partial charge in [0.25, 0.3) is 11.8 Å². The smallest absolute Gasteiger partial charge is 0.277 e. The Kier molecular flexibility index (Phi) is 7.16. The van der Waals surface area contributed by atoms with E-state index < -0.39 is 0 Å². The Morgan fingerprint density at radius 3 is 2.48 bits per heavy atom. The highest BCUT2D eigenvalue weighted by Crippen LogP contribution is 2.33. The molecule has 0 radical (unpaired) electrons. The number of rotatable bonds is 9. The normalized spacial score (nSPS) is 14.7. The molecule has 1 aliphatic rings. The third-order valence-electron chi connectivity index (χ3n) is 4.59. The topological polar surface area (TPSA) is 70.1 Å². The van der Waals surface area contributed by atoms with Gasteiger partial charge in [0.05, 0.1) is 18.3 Å². The van der Waals surface area contributed by atoms with Gasteiger partial charge in [0.15, 0.2) is 0 Å². The SMILES string of the molecule is Cc1ccc(C2=C(N(C)CCO)C(=O)N(CCCOC(C)C)C2=O)c(C)c1. The molecule has 6 nitrogen and oxygen atoms in total. The number of ether oxygens (including phenoxy) is 1. The monoisotopic (exact) mass is 374 g/mol. The van der Waals surface area contributed by atoms with Crippen molar-refractivity contribution in [1.82, 2.24) is 9.80 Å². The third kappa shape index (κ3) is 4.76. The molecule has 0 saturated heterocycles. The summed E-state index contributed by atoms with van der Waals surface area (Å²) in [4.78, 5) is 29.1. The number of hydrogen-bond acceptors (Lipinski definition) is 5. The fourth-order valence-electron chi connectivity index (χ4n) is 3.26. The fourth-order valence-corrected chi connectivity index (χ4v) is 3.26. The molecule has 6 heteroatoms. The van der Waals surface area contributed by atoms with Crippen LogP contribution in [0, 0.1) is 13.8 Å². The van der Waals surface area contributed by atoms with Crippen molar-refractivity contribution in [3.8, 4) is 0 Å². The number of hydrogen-bond donors (Lipinski definition) is 1. The van der Waals surface area contributed by atoms with Gasteiger partial charge in [0.1, 0.15) is 5.70 Å². The maximum absolute atomic E-state index is 13.1. The molecule has 1 aromatic rings. The number of imide groups is 1. The van der Waals surface area contributed by atoms with Crippen LogP contribution in [-0.2, 0) is 14.3 Å². The van der Waals surface area contributed by atoms with Crippen molar-refractivity contribution in [3.05, 3.63) is 40.6 Å². The highest BCUT2D eigenvalue weighted by atomic mass is 16.5. The van der Waals surface area contributed by atoms with Crippen molar-refractivity contribution in [3.63, 3.8) is 0 Å². The number of aryl methyl sites for hydroxylation is 2. The van der Waals surface area contributed by atoms with Crippen LogP contribution in [0.15, 0.2) is 23.9 Å². The van der Waals surface area contributed by atoms with E-state index >= 15 is 0 Å². The molecule has 1 N–H and O–H groups in total.